The summed E-state index contributed by atoms with van der Waals surface area (Å²) in [5, 5.41) is 3.05. The van der Waals surface area contributed by atoms with E-state index in [1.54, 1.807) is 12.0 Å². The van der Waals surface area contributed by atoms with Crippen LogP contribution in [0.15, 0.2) is 24.3 Å². The fraction of sp³-hybridized carbons (Fsp3) is 0.579. The summed E-state index contributed by atoms with van der Waals surface area (Å²) < 4.78 is 5.06. The van der Waals surface area contributed by atoms with Crippen molar-refractivity contribution >= 4 is 17.5 Å². The first-order valence-electron chi connectivity index (χ1n) is 8.88. The van der Waals surface area contributed by atoms with Crippen LogP contribution in [0.2, 0.25) is 0 Å². The molecule has 0 saturated heterocycles. The average molecular weight is 330 g/mol. The van der Waals surface area contributed by atoms with Gasteiger partial charge in [-0.3, -0.25) is 9.59 Å². The van der Waals surface area contributed by atoms with E-state index in [1.807, 2.05) is 24.3 Å². The van der Waals surface area contributed by atoms with E-state index in [0.29, 0.717) is 19.6 Å². The summed E-state index contributed by atoms with van der Waals surface area (Å²) in [5.74, 6) is 0.205. The predicted molar refractivity (Wildman–Crippen MR) is 92.5 cm³/mol. The molecule has 3 rings (SSSR count). The molecule has 0 bridgehead atoms. The summed E-state index contributed by atoms with van der Waals surface area (Å²) in [6.07, 6.45) is 5.85. The summed E-state index contributed by atoms with van der Waals surface area (Å²) in [7, 11) is 1.59. The number of para-hydroxylation sites is 1. The summed E-state index contributed by atoms with van der Waals surface area (Å²) in [5.41, 5.74) is 1.82. The van der Waals surface area contributed by atoms with Crippen molar-refractivity contribution in [1.29, 1.82) is 0 Å². The highest BCUT2D eigenvalue weighted by Gasteiger charge is 2.39. The molecule has 1 aromatic rings. The molecule has 1 atom stereocenters. The molecule has 1 aromatic carbocycles. The van der Waals surface area contributed by atoms with Crippen LogP contribution in [0.3, 0.4) is 0 Å². The molecule has 1 N–H and O–H groups in total. The number of anilines is 1. The molecular formula is C19H26N2O3. The molecule has 0 radical (unpaired) electrons. The van der Waals surface area contributed by atoms with Crippen LogP contribution in [-0.2, 0) is 20.9 Å². The van der Waals surface area contributed by atoms with Gasteiger partial charge in [-0.1, -0.05) is 37.5 Å². The van der Waals surface area contributed by atoms with Crippen molar-refractivity contribution < 1.29 is 14.3 Å². The molecule has 1 aliphatic heterocycles. The largest absolute Gasteiger partial charge is 0.384 e. The lowest BCUT2D eigenvalue weighted by Crippen LogP contribution is -2.50. The number of rotatable bonds is 4. The molecule has 0 aromatic heterocycles. The first-order valence-corrected chi connectivity index (χ1v) is 8.88. The van der Waals surface area contributed by atoms with E-state index < -0.39 is 0 Å². The van der Waals surface area contributed by atoms with Crippen molar-refractivity contribution in [3.8, 4) is 0 Å². The van der Waals surface area contributed by atoms with Gasteiger partial charge in [0.2, 0.25) is 11.8 Å². The Morgan fingerprint density at radius 2 is 2.00 bits per heavy atom. The Labute approximate surface area is 143 Å². The monoisotopic (exact) mass is 330 g/mol. The quantitative estimate of drug-likeness (QED) is 0.923. The Morgan fingerprint density at radius 1 is 1.25 bits per heavy atom. The minimum absolute atomic E-state index is 0.000670. The van der Waals surface area contributed by atoms with Crippen molar-refractivity contribution in [2.75, 3.05) is 19.0 Å². The molecule has 2 amide bonds. The van der Waals surface area contributed by atoms with Gasteiger partial charge in [-0.2, -0.15) is 0 Å². The van der Waals surface area contributed by atoms with Crippen molar-refractivity contribution in [3.63, 3.8) is 0 Å². The molecule has 5 nitrogen and oxygen atoms in total. The van der Waals surface area contributed by atoms with E-state index in [1.165, 1.54) is 6.42 Å². The number of methoxy groups -OCH3 is 1. The van der Waals surface area contributed by atoms with Gasteiger partial charge in [-0.25, -0.2) is 0 Å². The van der Waals surface area contributed by atoms with Gasteiger partial charge < -0.3 is 15.0 Å². The Morgan fingerprint density at radius 3 is 2.75 bits per heavy atom. The standard InChI is InChI=1S/C19H26N2O3/c1-24-12-11-17(22)21-13-15-9-5-6-10-16(15)20-19(23)18(21)14-7-3-2-4-8-14/h5-6,9-10,14,18H,2-4,7-8,11-13H2,1H3,(H,20,23)/t18-/m0/s1. The van der Waals surface area contributed by atoms with Crippen LogP contribution in [-0.4, -0.2) is 36.5 Å². The van der Waals surface area contributed by atoms with E-state index in [0.717, 1.165) is 36.9 Å². The number of carbonyl (C=O) groups excluding carboxylic acids is 2. The molecule has 1 saturated carbocycles. The van der Waals surface area contributed by atoms with Crippen LogP contribution in [0.4, 0.5) is 5.69 Å². The first-order chi connectivity index (χ1) is 11.7. The van der Waals surface area contributed by atoms with Gasteiger partial charge in [-0.05, 0) is 30.4 Å². The van der Waals surface area contributed by atoms with E-state index in [4.69, 9.17) is 4.74 Å². The van der Waals surface area contributed by atoms with Gasteiger partial charge in [0.05, 0.1) is 13.0 Å². The maximum atomic E-state index is 12.9. The maximum Gasteiger partial charge on any atom is 0.247 e. The molecule has 0 spiro atoms. The van der Waals surface area contributed by atoms with Gasteiger partial charge in [0.1, 0.15) is 6.04 Å². The van der Waals surface area contributed by atoms with Crippen molar-refractivity contribution in [2.45, 2.75) is 51.1 Å². The number of amides is 2. The summed E-state index contributed by atoms with van der Waals surface area (Å²) in [6, 6.07) is 7.38. The summed E-state index contributed by atoms with van der Waals surface area (Å²) >= 11 is 0. The fourth-order valence-electron chi connectivity index (χ4n) is 3.90. The second kappa shape index (κ2) is 7.79. The lowest BCUT2D eigenvalue weighted by atomic mass is 9.82. The van der Waals surface area contributed by atoms with Crippen LogP contribution >= 0.6 is 0 Å². The minimum Gasteiger partial charge on any atom is -0.384 e. The third kappa shape index (κ3) is 3.61. The Balaban J connectivity index is 1.90. The van der Waals surface area contributed by atoms with Crippen LogP contribution in [0, 0.1) is 5.92 Å². The number of hydrogen-bond acceptors (Lipinski definition) is 3. The van der Waals surface area contributed by atoms with E-state index in [2.05, 4.69) is 5.32 Å². The lowest BCUT2D eigenvalue weighted by molar-refractivity contribution is -0.142. The van der Waals surface area contributed by atoms with Gasteiger partial charge in [0, 0.05) is 19.3 Å². The second-order valence-corrected chi connectivity index (χ2v) is 6.75. The molecule has 1 aliphatic carbocycles. The molecule has 5 heteroatoms. The van der Waals surface area contributed by atoms with Crippen LogP contribution < -0.4 is 5.32 Å². The van der Waals surface area contributed by atoms with Crippen molar-refractivity contribution in [1.82, 2.24) is 4.90 Å². The predicted octanol–water partition coefficient (Wildman–Crippen LogP) is 2.95. The lowest BCUT2D eigenvalue weighted by Gasteiger charge is -2.36. The number of benzene rings is 1. The van der Waals surface area contributed by atoms with Crippen molar-refractivity contribution in [3.05, 3.63) is 29.8 Å². The topological polar surface area (TPSA) is 58.6 Å². The zero-order valence-corrected chi connectivity index (χ0v) is 14.3. The zero-order valence-electron chi connectivity index (χ0n) is 14.3. The zero-order chi connectivity index (χ0) is 16.9. The molecule has 130 valence electrons. The number of nitrogens with one attached hydrogen (secondary N) is 1. The highest BCUT2D eigenvalue weighted by Crippen LogP contribution is 2.33. The normalized spacial score (nSPS) is 21.8. The second-order valence-electron chi connectivity index (χ2n) is 6.75. The van der Waals surface area contributed by atoms with Crippen LogP contribution in [0.25, 0.3) is 0 Å². The number of hydrogen-bond donors (Lipinski definition) is 1. The number of nitrogens with zero attached hydrogens (tertiary/aromatic N) is 1. The Hall–Kier alpha value is -1.88. The van der Waals surface area contributed by atoms with Gasteiger partial charge in [0.25, 0.3) is 0 Å². The third-order valence-electron chi connectivity index (χ3n) is 5.16. The number of carbonyl (C=O) groups is 2. The van der Waals surface area contributed by atoms with Crippen LogP contribution in [0.1, 0.15) is 44.1 Å². The first kappa shape index (κ1) is 17.0. The summed E-state index contributed by atoms with van der Waals surface area (Å²) in [4.78, 5) is 27.5. The third-order valence-corrected chi connectivity index (χ3v) is 5.16. The molecule has 1 heterocycles. The Bertz CT molecular complexity index is 596. The highest BCUT2D eigenvalue weighted by molar-refractivity contribution is 5.99. The Kier molecular flexibility index (Phi) is 5.51. The van der Waals surface area contributed by atoms with Gasteiger partial charge in [-0.15, -0.1) is 0 Å². The van der Waals surface area contributed by atoms with Crippen molar-refractivity contribution in [2.24, 2.45) is 5.92 Å². The van der Waals surface area contributed by atoms with E-state index >= 15 is 0 Å². The molecule has 1 fully saturated rings. The van der Waals surface area contributed by atoms with E-state index in [9.17, 15) is 9.59 Å². The summed E-state index contributed by atoms with van der Waals surface area (Å²) in [6.45, 7) is 0.870. The number of ether oxygens (including phenoxy) is 1. The smallest absolute Gasteiger partial charge is 0.247 e. The molecule has 24 heavy (non-hydrogen) atoms. The molecular weight excluding hydrogens is 304 g/mol. The SMILES string of the molecule is COCCC(=O)N1Cc2ccccc2NC(=O)[C@@H]1C1CCCCC1. The average Bonchev–Trinajstić information content (AvgIpc) is 2.76. The minimum atomic E-state index is -0.373. The number of fused-ring (bicyclic) bond motifs is 1. The molecule has 2 aliphatic rings. The van der Waals surface area contributed by atoms with E-state index in [-0.39, 0.29) is 23.8 Å². The maximum absolute atomic E-state index is 12.9. The van der Waals surface area contributed by atoms with Gasteiger partial charge in [0.15, 0.2) is 0 Å². The van der Waals surface area contributed by atoms with Crippen LogP contribution in [0.5, 0.6) is 0 Å². The fourth-order valence-corrected chi connectivity index (χ4v) is 3.90. The highest BCUT2D eigenvalue weighted by atomic mass is 16.5. The molecule has 0 unspecified atom stereocenters. The van der Waals surface area contributed by atoms with Gasteiger partial charge >= 0.3 is 0 Å².